The fourth-order valence-corrected chi connectivity index (χ4v) is 1.84. The van der Waals surface area contributed by atoms with Gasteiger partial charge < -0.3 is 10.2 Å². The molecule has 0 amide bonds. The van der Waals surface area contributed by atoms with Gasteiger partial charge in [-0.2, -0.15) is 0 Å². The Hall–Kier alpha value is -0.130. The molecule has 0 aromatic carbocycles. The van der Waals surface area contributed by atoms with Crippen LogP contribution in [0.5, 0.6) is 0 Å². The van der Waals surface area contributed by atoms with Gasteiger partial charge in [-0.25, -0.2) is 8.42 Å². The lowest BCUT2D eigenvalue weighted by atomic mass is 10.3. The number of aliphatic hydroxyl groups excluding tert-OH is 2. The van der Waals surface area contributed by atoms with Gasteiger partial charge >= 0.3 is 0 Å². The van der Waals surface area contributed by atoms with Gasteiger partial charge in [0.25, 0.3) is 0 Å². The third-order valence-corrected chi connectivity index (χ3v) is 3.90. The third kappa shape index (κ3) is 3.18. The lowest BCUT2D eigenvalue weighted by Crippen LogP contribution is -2.31. The second kappa shape index (κ2) is 4.04. The van der Waals surface area contributed by atoms with E-state index in [0.717, 1.165) is 0 Å². The minimum atomic E-state index is -3.31. The summed E-state index contributed by atoms with van der Waals surface area (Å²) in [6, 6.07) is 0. The molecular formula is C6H14O4S. The second-order valence-corrected chi connectivity index (χ2v) is 5.01. The molecule has 11 heavy (non-hydrogen) atoms. The van der Waals surface area contributed by atoms with Gasteiger partial charge in [-0.1, -0.05) is 0 Å². The van der Waals surface area contributed by atoms with E-state index in [1.165, 1.54) is 13.8 Å². The molecule has 2 N–H and O–H groups in total. The van der Waals surface area contributed by atoms with Crippen LogP contribution in [0.25, 0.3) is 0 Å². The van der Waals surface area contributed by atoms with Crippen molar-refractivity contribution in [2.24, 2.45) is 0 Å². The van der Waals surface area contributed by atoms with Crippen molar-refractivity contribution in [3.05, 3.63) is 0 Å². The van der Waals surface area contributed by atoms with Gasteiger partial charge in [-0.05, 0) is 13.8 Å². The number of aliphatic hydroxyl groups is 2. The molecule has 68 valence electrons. The Morgan fingerprint density at radius 2 is 1.82 bits per heavy atom. The van der Waals surface area contributed by atoms with E-state index in [1.54, 1.807) is 0 Å². The van der Waals surface area contributed by atoms with Crippen LogP contribution in [0, 0.1) is 0 Å². The lowest BCUT2D eigenvalue weighted by molar-refractivity contribution is 0.192. The van der Waals surface area contributed by atoms with Crippen LogP contribution in [0.3, 0.4) is 0 Å². The summed E-state index contributed by atoms with van der Waals surface area (Å²) >= 11 is 0. The monoisotopic (exact) mass is 182 g/mol. The van der Waals surface area contributed by atoms with Gasteiger partial charge in [0.05, 0.1) is 23.7 Å². The van der Waals surface area contributed by atoms with Gasteiger partial charge in [0, 0.05) is 0 Å². The van der Waals surface area contributed by atoms with Crippen molar-refractivity contribution in [1.82, 2.24) is 0 Å². The standard InChI is InChI=1S/C6H14O4S/c1-5(8)6(2)11(9,10)4-3-7/h5-8H,3-4H2,1-2H3. The van der Waals surface area contributed by atoms with Crippen molar-refractivity contribution < 1.29 is 18.6 Å². The van der Waals surface area contributed by atoms with Gasteiger partial charge in [-0.3, -0.25) is 0 Å². The van der Waals surface area contributed by atoms with Crippen LogP contribution in [0.15, 0.2) is 0 Å². The van der Waals surface area contributed by atoms with Crippen molar-refractivity contribution in [2.45, 2.75) is 25.2 Å². The van der Waals surface area contributed by atoms with Crippen LogP contribution in [-0.4, -0.2) is 42.3 Å². The quantitative estimate of drug-likeness (QED) is 0.594. The van der Waals surface area contributed by atoms with E-state index in [1.807, 2.05) is 0 Å². The molecule has 0 saturated heterocycles. The highest BCUT2D eigenvalue weighted by Gasteiger charge is 2.24. The number of hydrogen-bond acceptors (Lipinski definition) is 4. The molecule has 0 spiro atoms. The van der Waals surface area contributed by atoms with Crippen molar-refractivity contribution in [3.8, 4) is 0 Å². The Morgan fingerprint density at radius 1 is 1.36 bits per heavy atom. The summed E-state index contributed by atoms with van der Waals surface area (Å²) in [4.78, 5) is 0. The highest BCUT2D eigenvalue weighted by molar-refractivity contribution is 7.92. The van der Waals surface area contributed by atoms with Gasteiger partial charge in [0.15, 0.2) is 9.84 Å². The first-order valence-corrected chi connectivity index (χ1v) is 5.14. The second-order valence-electron chi connectivity index (χ2n) is 2.54. The molecule has 0 heterocycles. The largest absolute Gasteiger partial charge is 0.395 e. The summed E-state index contributed by atoms with van der Waals surface area (Å²) in [5.41, 5.74) is 0. The number of hydrogen-bond donors (Lipinski definition) is 2. The number of rotatable bonds is 4. The normalized spacial score (nSPS) is 17.8. The molecule has 0 rings (SSSR count). The van der Waals surface area contributed by atoms with E-state index in [2.05, 4.69) is 0 Å². The third-order valence-electron chi connectivity index (χ3n) is 1.62. The van der Waals surface area contributed by atoms with Crippen molar-refractivity contribution >= 4 is 9.84 Å². The zero-order valence-corrected chi connectivity index (χ0v) is 7.50. The molecule has 0 radical (unpaired) electrons. The summed E-state index contributed by atoms with van der Waals surface area (Å²) in [6.45, 7) is 2.45. The smallest absolute Gasteiger partial charge is 0.157 e. The molecule has 4 nitrogen and oxygen atoms in total. The topological polar surface area (TPSA) is 74.6 Å². The fourth-order valence-electron chi connectivity index (χ4n) is 0.613. The molecule has 0 aliphatic rings. The van der Waals surface area contributed by atoms with E-state index in [-0.39, 0.29) is 12.4 Å². The van der Waals surface area contributed by atoms with Gasteiger partial charge in [-0.15, -0.1) is 0 Å². The van der Waals surface area contributed by atoms with E-state index in [4.69, 9.17) is 10.2 Å². The maximum Gasteiger partial charge on any atom is 0.157 e. The average molecular weight is 182 g/mol. The molecule has 0 saturated carbocycles. The molecule has 0 fully saturated rings. The Labute approximate surface area is 66.8 Å². The van der Waals surface area contributed by atoms with Crippen LogP contribution in [0.2, 0.25) is 0 Å². The first kappa shape index (κ1) is 10.9. The molecule has 5 heteroatoms. The molecule has 0 bridgehead atoms. The molecule has 0 aromatic rings. The van der Waals surface area contributed by atoms with Crippen molar-refractivity contribution in [3.63, 3.8) is 0 Å². The predicted molar refractivity (Wildman–Crippen MR) is 42.0 cm³/mol. The molecule has 0 aliphatic heterocycles. The highest BCUT2D eigenvalue weighted by Crippen LogP contribution is 2.05. The SMILES string of the molecule is CC(O)C(C)S(=O)(=O)CCO. The Morgan fingerprint density at radius 3 is 2.09 bits per heavy atom. The van der Waals surface area contributed by atoms with Crippen LogP contribution in [0.4, 0.5) is 0 Å². The van der Waals surface area contributed by atoms with E-state index in [0.29, 0.717) is 0 Å². The zero-order valence-electron chi connectivity index (χ0n) is 6.69. The van der Waals surface area contributed by atoms with Crippen LogP contribution in [0.1, 0.15) is 13.8 Å². The lowest BCUT2D eigenvalue weighted by Gasteiger charge is -2.14. The van der Waals surface area contributed by atoms with E-state index < -0.39 is 21.2 Å². The molecular weight excluding hydrogens is 168 g/mol. The fraction of sp³-hybridized carbons (Fsp3) is 1.00. The van der Waals surface area contributed by atoms with Crippen LogP contribution < -0.4 is 0 Å². The first-order valence-electron chi connectivity index (χ1n) is 3.42. The molecule has 0 aliphatic carbocycles. The maximum atomic E-state index is 11.1. The van der Waals surface area contributed by atoms with Crippen molar-refractivity contribution in [1.29, 1.82) is 0 Å². The van der Waals surface area contributed by atoms with Gasteiger partial charge in [0.1, 0.15) is 0 Å². The van der Waals surface area contributed by atoms with Crippen LogP contribution in [-0.2, 0) is 9.84 Å². The van der Waals surface area contributed by atoms with E-state index in [9.17, 15) is 8.42 Å². The zero-order chi connectivity index (χ0) is 9.07. The molecule has 0 aromatic heterocycles. The maximum absolute atomic E-state index is 11.1. The summed E-state index contributed by atoms with van der Waals surface area (Å²) in [7, 11) is -3.31. The van der Waals surface area contributed by atoms with Gasteiger partial charge in [0.2, 0.25) is 0 Å². The highest BCUT2D eigenvalue weighted by atomic mass is 32.2. The van der Waals surface area contributed by atoms with Crippen molar-refractivity contribution in [2.75, 3.05) is 12.4 Å². The van der Waals surface area contributed by atoms with Crippen LogP contribution >= 0.6 is 0 Å². The molecule has 2 unspecified atom stereocenters. The average Bonchev–Trinajstić information content (AvgIpc) is 1.86. The van der Waals surface area contributed by atoms with E-state index >= 15 is 0 Å². The minimum absolute atomic E-state index is 0.279. The summed E-state index contributed by atoms with van der Waals surface area (Å²) in [6.07, 6.45) is -0.883. The number of sulfone groups is 1. The minimum Gasteiger partial charge on any atom is -0.395 e. The first-order chi connectivity index (χ1) is 4.91. The molecule has 2 atom stereocenters. The summed E-state index contributed by atoms with van der Waals surface area (Å²) in [5.74, 6) is -0.279. The Kier molecular flexibility index (Phi) is 3.99. The summed E-state index contributed by atoms with van der Waals surface area (Å²) < 4.78 is 22.1. The predicted octanol–water partition coefficient (Wildman–Crippen LogP) is -0.837. The Bertz CT molecular complexity index is 195. The Balaban J connectivity index is 4.31. The summed E-state index contributed by atoms with van der Waals surface area (Å²) in [5, 5.41) is 16.5.